The maximum atomic E-state index is 3.74. The van der Waals surface area contributed by atoms with Crippen LogP contribution in [0.25, 0.3) is 0 Å². The van der Waals surface area contributed by atoms with E-state index in [1.807, 2.05) is 0 Å². The van der Waals surface area contributed by atoms with E-state index in [1.165, 1.54) is 71.0 Å². The molecule has 2 heteroatoms. The van der Waals surface area contributed by atoms with Gasteiger partial charge in [-0.2, -0.15) is 0 Å². The van der Waals surface area contributed by atoms with Crippen molar-refractivity contribution in [3.8, 4) is 0 Å². The van der Waals surface area contributed by atoms with E-state index in [4.69, 9.17) is 0 Å². The molecular weight excluding hydrogens is 268 g/mol. The van der Waals surface area contributed by atoms with Gasteiger partial charge in [0.15, 0.2) is 0 Å². The van der Waals surface area contributed by atoms with Crippen LogP contribution in [0.4, 0.5) is 0 Å². The van der Waals surface area contributed by atoms with E-state index in [9.17, 15) is 0 Å². The van der Waals surface area contributed by atoms with Crippen LogP contribution in [-0.2, 0) is 0 Å². The second-order valence-corrected chi connectivity index (χ2v) is 8.65. The van der Waals surface area contributed by atoms with Gasteiger partial charge >= 0.3 is 0 Å². The Morgan fingerprint density at radius 2 is 1.45 bits per heavy atom. The Bertz CT molecular complexity index is 284. The molecule has 2 rings (SSSR count). The molecular formula is C20H40N2. The van der Waals surface area contributed by atoms with Gasteiger partial charge in [0.05, 0.1) is 0 Å². The summed E-state index contributed by atoms with van der Waals surface area (Å²) in [7, 11) is 0. The summed E-state index contributed by atoms with van der Waals surface area (Å²) in [5, 5.41) is 3.74. The molecule has 2 fully saturated rings. The van der Waals surface area contributed by atoms with Crippen molar-refractivity contribution in [1.82, 2.24) is 10.2 Å². The molecule has 0 amide bonds. The second-order valence-electron chi connectivity index (χ2n) is 8.65. The first-order valence-electron chi connectivity index (χ1n) is 10.0. The van der Waals surface area contributed by atoms with Crippen LogP contribution in [0.15, 0.2) is 0 Å². The van der Waals surface area contributed by atoms with Crippen LogP contribution in [-0.4, -0.2) is 36.6 Å². The molecule has 1 saturated heterocycles. The molecule has 1 N–H and O–H groups in total. The van der Waals surface area contributed by atoms with Gasteiger partial charge in [-0.15, -0.1) is 0 Å². The molecule has 2 aliphatic rings. The molecule has 0 aromatic rings. The smallest absolute Gasteiger partial charge is 0.00696 e. The molecule has 2 nitrogen and oxygen atoms in total. The Morgan fingerprint density at radius 3 is 2.00 bits per heavy atom. The highest BCUT2D eigenvalue weighted by Gasteiger charge is 2.30. The number of piperidine rings is 1. The third-order valence-electron chi connectivity index (χ3n) is 5.90. The van der Waals surface area contributed by atoms with E-state index in [1.54, 1.807) is 0 Å². The van der Waals surface area contributed by atoms with Crippen molar-refractivity contribution >= 4 is 0 Å². The minimum absolute atomic E-state index is 0.649. The topological polar surface area (TPSA) is 15.3 Å². The van der Waals surface area contributed by atoms with Crippen LogP contribution in [0.1, 0.15) is 79.1 Å². The zero-order valence-corrected chi connectivity index (χ0v) is 15.6. The summed E-state index contributed by atoms with van der Waals surface area (Å²) >= 11 is 0. The first-order valence-corrected chi connectivity index (χ1v) is 10.0. The third-order valence-corrected chi connectivity index (χ3v) is 5.90. The summed E-state index contributed by atoms with van der Waals surface area (Å²) in [6, 6.07) is 1.45. The molecule has 1 saturated carbocycles. The highest BCUT2D eigenvalue weighted by Crippen LogP contribution is 2.35. The number of hydrogen-bond acceptors (Lipinski definition) is 2. The summed E-state index contributed by atoms with van der Waals surface area (Å²) in [4.78, 5) is 2.73. The van der Waals surface area contributed by atoms with Gasteiger partial charge in [0.25, 0.3) is 0 Å². The van der Waals surface area contributed by atoms with Crippen molar-refractivity contribution in [3.05, 3.63) is 0 Å². The Morgan fingerprint density at radius 1 is 0.864 bits per heavy atom. The molecule has 0 radical (unpaired) electrons. The van der Waals surface area contributed by atoms with Gasteiger partial charge in [-0.3, -0.25) is 0 Å². The monoisotopic (exact) mass is 308 g/mol. The van der Waals surface area contributed by atoms with Crippen molar-refractivity contribution in [2.24, 2.45) is 17.8 Å². The lowest BCUT2D eigenvalue weighted by Gasteiger charge is -2.39. The normalized spacial score (nSPS) is 28.6. The van der Waals surface area contributed by atoms with Gasteiger partial charge in [0, 0.05) is 12.1 Å². The number of rotatable bonds is 7. The van der Waals surface area contributed by atoms with Crippen LogP contribution >= 0.6 is 0 Å². The predicted octanol–water partition coefficient (Wildman–Crippen LogP) is 4.69. The number of nitrogens with one attached hydrogen (secondary N) is 1. The van der Waals surface area contributed by atoms with E-state index in [0.29, 0.717) is 6.04 Å². The molecule has 0 unspecified atom stereocenters. The predicted molar refractivity (Wildman–Crippen MR) is 97.3 cm³/mol. The molecule has 1 heterocycles. The Labute approximate surface area is 139 Å². The average molecular weight is 309 g/mol. The Hall–Kier alpha value is -0.0800. The molecule has 1 aliphatic heterocycles. The molecule has 130 valence electrons. The van der Waals surface area contributed by atoms with Crippen molar-refractivity contribution in [2.45, 2.75) is 91.1 Å². The summed E-state index contributed by atoms with van der Waals surface area (Å²) in [6.45, 7) is 13.3. The number of nitrogens with zero attached hydrogens (tertiary/aromatic N) is 1. The highest BCUT2D eigenvalue weighted by molar-refractivity contribution is 4.84. The van der Waals surface area contributed by atoms with Crippen LogP contribution in [0.2, 0.25) is 0 Å². The molecule has 0 spiro atoms. The maximum absolute atomic E-state index is 3.74. The Balaban J connectivity index is 1.61. The van der Waals surface area contributed by atoms with Gasteiger partial charge in [-0.05, 0) is 88.8 Å². The van der Waals surface area contributed by atoms with Gasteiger partial charge in [0.2, 0.25) is 0 Å². The summed E-state index contributed by atoms with van der Waals surface area (Å²) in [6.07, 6.45) is 11.5. The molecule has 0 aromatic carbocycles. The van der Waals surface area contributed by atoms with Gasteiger partial charge in [0.1, 0.15) is 0 Å². The zero-order valence-electron chi connectivity index (χ0n) is 15.6. The lowest BCUT2D eigenvalue weighted by Crippen LogP contribution is -2.41. The quantitative estimate of drug-likeness (QED) is 0.734. The molecule has 22 heavy (non-hydrogen) atoms. The van der Waals surface area contributed by atoms with Crippen molar-refractivity contribution in [1.29, 1.82) is 0 Å². The van der Waals surface area contributed by atoms with Crippen LogP contribution < -0.4 is 5.32 Å². The molecule has 0 aromatic heterocycles. The number of hydrogen-bond donors (Lipinski definition) is 1. The average Bonchev–Trinajstić information content (AvgIpc) is 2.48. The highest BCUT2D eigenvalue weighted by atomic mass is 15.1. The lowest BCUT2D eigenvalue weighted by atomic mass is 9.74. The first-order chi connectivity index (χ1) is 10.5. The minimum Gasteiger partial charge on any atom is -0.312 e. The fourth-order valence-electron chi connectivity index (χ4n) is 4.60. The fraction of sp³-hybridized carbons (Fsp3) is 1.00. The van der Waals surface area contributed by atoms with E-state index in [-0.39, 0.29) is 0 Å². The largest absolute Gasteiger partial charge is 0.312 e. The van der Waals surface area contributed by atoms with Crippen LogP contribution in [0, 0.1) is 17.8 Å². The van der Waals surface area contributed by atoms with Crippen LogP contribution in [0.3, 0.4) is 0 Å². The summed E-state index contributed by atoms with van der Waals surface area (Å²) in [5.41, 5.74) is 0. The van der Waals surface area contributed by atoms with E-state index < -0.39 is 0 Å². The van der Waals surface area contributed by atoms with Gasteiger partial charge < -0.3 is 10.2 Å². The second kappa shape index (κ2) is 9.27. The maximum Gasteiger partial charge on any atom is 0.00696 e. The zero-order chi connectivity index (χ0) is 15.9. The van der Waals surface area contributed by atoms with Crippen LogP contribution in [0.5, 0.6) is 0 Å². The summed E-state index contributed by atoms with van der Waals surface area (Å²) in [5.74, 6) is 2.93. The SMILES string of the molecule is CC(C)CCCN1CCC(C2CCC(NC(C)C)CC2)CC1. The standard InChI is InChI=1S/C20H40N2/c1-16(2)6-5-13-22-14-11-19(12-15-22)18-7-9-20(10-8-18)21-17(3)4/h16-21H,5-15H2,1-4H3. The Kier molecular flexibility index (Phi) is 7.70. The van der Waals surface area contributed by atoms with E-state index >= 15 is 0 Å². The van der Waals surface area contributed by atoms with Gasteiger partial charge in [-0.25, -0.2) is 0 Å². The lowest BCUT2D eigenvalue weighted by molar-refractivity contribution is 0.117. The van der Waals surface area contributed by atoms with Crippen molar-refractivity contribution < 1.29 is 0 Å². The van der Waals surface area contributed by atoms with Crippen molar-refractivity contribution in [3.63, 3.8) is 0 Å². The minimum atomic E-state index is 0.649. The van der Waals surface area contributed by atoms with E-state index in [2.05, 4.69) is 37.9 Å². The fourth-order valence-corrected chi connectivity index (χ4v) is 4.60. The van der Waals surface area contributed by atoms with Gasteiger partial charge in [-0.1, -0.05) is 27.7 Å². The molecule has 0 bridgehead atoms. The third kappa shape index (κ3) is 6.20. The van der Waals surface area contributed by atoms with E-state index in [0.717, 1.165) is 23.8 Å². The number of likely N-dealkylation sites (tertiary alicyclic amines) is 1. The van der Waals surface area contributed by atoms with Crippen molar-refractivity contribution in [2.75, 3.05) is 19.6 Å². The molecule has 1 aliphatic carbocycles. The summed E-state index contributed by atoms with van der Waals surface area (Å²) < 4.78 is 0. The molecule has 0 atom stereocenters. The first kappa shape index (κ1) is 18.3.